The predicted molar refractivity (Wildman–Crippen MR) is 53.2 cm³/mol. The van der Waals surface area contributed by atoms with E-state index in [1.165, 1.54) is 0 Å². The molecule has 0 radical (unpaired) electrons. The molecule has 2 rings (SSSR count). The minimum Gasteiger partial charge on any atom is -0.394 e. The Morgan fingerprint density at radius 2 is 2.24 bits per heavy atom. The minimum atomic E-state index is -1.85. The first-order chi connectivity index (χ1) is 8.04. The van der Waals surface area contributed by atoms with Crippen LogP contribution in [0.15, 0.2) is 21.9 Å². The lowest BCUT2D eigenvalue weighted by molar-refractivity contribution is -0.0491. The van der Waals surface area contributed by atoms with Crippen LogP contribution < -0.4 is 11.2 Å². The zero-order valence-corrected chi connectivity index (χ0v) is 8.62. The van der Waals surface area contributed by atoms with Gasteiger partial charge in [-0.1, -0.05) is 0 Å². The average molecular weight is 246 g/mol. The van der Waals surface area contributed by atoms with E-state index < -0.39 is 42.5 Å². The number of H-pyrrole nitrogens is 1. The zero-order valence-electron chi connectivity index (χ0n) is 8.62. The van der Waals surface area contributed by atoms with E-state index in [9.17, 15) is 19.1 Å². The Kier molecular flexibility index (Phi) is 3.09. The Balaban J connectivity index is 2.35. The molecule has 0 saturated carbocycles. The van der Waals surface area contributed by atoms with Gasteiger partial charge in [0.1, 0.15) is 12.2 Å². The van der Waals surface area contributed by atoms with Crippen LogP contribution in [0, 0.1) is 0 Å². The summed E-state index contributed by atoms with van der Waals surface area (Å²) in [7, 11) is 0. The molecular weight excluding hydrogens is 235 g/mol. The normalized spacial score (nSPS) is 32.9. The SMILES string of the molecule is O=c1ccn([C@H]2O[C@H](CO)[C@@H](O)[C@H]2F)c(=O)[nH]1. The summed E-state index contributed by atoms with van der Waals surface area (Å²) in [5.41, 5.74) is -1.45. The highest BCUT2D eigenvalue weighted by Gasteiger charge is 2.45. The first kappa shape index (κ1) is 12.0. The number of nitrogens with one attached hydrogen (secondary N) is 1. The fourth-order valence-electron chi connectivity index (χ4n) is 1.71. The number of aliphatic hydroxyl groups is 2. The van der Waals surface area contributed by atoms with Crippen LogP contribution >= 0.6 is 0 Å². The van der Waals surface area contributed by atoms with Crippen molar-refractivity contribution in [3.05, 3.63) is 33.1 Å². The summed E-state index contributed by atoms with van der Waals surface area (Å²) in [6.45, 7) is -0.559. The zero-order chi connectivity index (χ0) is 12.6. The van der Waals surface area contributed by atoms with Crippen LogP contribution in [-0.2, 0) is 4.74 Å². The monoisotopic (exact) mass is 246 g/mol. The number of alkyl halides is 1. The molecule has 7 nitrogen and oxygen atoms in total. The number of rotatable bonds is 2. The lowest BCUT2D eigenvalue weighted by atomic mass is 10.1. The summed E-state index contributed by atoms with van der Waals surface area (Å²) in [5, 5.41) is 18.2. The predicted octanol–water partition coefficient (Wildman–Crippen LogP) is -1.87. The van der Waals surface area contributed by atoms with Crippen LogP contribution in [-0.4, -0.2) is 44.8 Å². The Morgan fingerprint density at radius 1 is 1.53 bits per heavy atom. The van der Waals surface area contributed by atoms with E-state index in [2.05, 4.69) is 0 Å². The smallest absolute Gasteiger partial charge is 0.330 e. The molecule has 1 saturated heterocycles. The molecule has 17 heavy (non-hydrogen) atoms. The minimum absolute atomic E-state index is 0.559. The largest absolute Gasteiger partial charge is 0.394 e. The molecule has 1 aromatic rings. The van der Waals surface area contributed by atoms with Gasteiger partial charge in [0.05, 0.1) is 6.61 Å². The van der Waals surface area contributed by atoms with Gasteiger partial charge in [-0.3, -0.25) is 14.3 Å². The highest BCUT2D eigenvalue weighted by molar-refractivity contribution is 4.93. The maximum absolute atomic E-state index is 13.6. The molecular formula is C9H11FN2O5. The number of hydrogen-bond donors (Lipinski definition) is 3. The number of aromatic nitrogens is 2. The summed E-state index contributed by atoms with van der Waals surface area (Å²) < 4.78 is 19.5. The van der Waals surface area contributed by atoms with Crippen LogP contribution in [0.4, 0.5) is 4.39 Å². The van der Waals surface area contributed by atoms with Gasteiger partial charge in [-0.25, -0.2) is 9.18 Å². The van der Waals surface area contributed by atoms with Crippen LogP contribution in [0.1, 0.15) is 6.23 Å². The fourth-order valence-corrected chi connectivity index (χ4v) is 1.71. The van der Waals surface area contributed by atoms with Crippen LogP contribution in [0.25, 0.3) is 0 Å². The molecule has 1 aliphatic rings. The quantitative estimate of drug-likeness (QED) is 0.567. The molecule has 0 unspecified atom stereocenters. The topological polar surface area (TPSA) is 105 Å². The third-order valence-corrected chi connectivity index (χ3v) is 2.60. The van der Waals surface area contributed by atoms with Crippen LogP contribution in [0.2, 0.25) is 0 Å². The van der Waals surface area contributed by atoms with Gasteiger partial charge >= 0.3 is 5.69 Å². The Bertz CT molecular complexity index is 513. The highest BCUT2D eigenvalue weighted by atomic mass is 19.1. The molecule has 0 bridgehead atoms. The number of halogens is 1. The van der Waals surface area contributed by atoms with Crippen LogP contribution in [0.3, 0.4) is 0 Å². The van der Waals surface area contributed by atoms with Gasteiger partial charge in [-0.15, -0.1) is 0 Å². The van der Waals surface area contributed by atoms with Gasteiger partial charge in [0.25, 0.3) is 5.56 Å². The van der Waals surface area contributed by atoms with Crippen molar-refractivity contribution in [2.24, 2.45) is 0 Å². The van der Waals surface area contributed by atoms with Crippen molar-refractivity contribution in [2.75, 3.05) is 6.61 Å². The van der Waals surface area contributed by atoms with E-state index in [0.717, 1.165) is 16.8 Å². The van der Waals surface area contributed by atoms with Crippen molar-refractivity contribution in [1.82, 2.24) is 9.55 Å². The summed E-state index contributed by atoms with van der Waals surface area (Å²) in [6, 6.07) is 1.04. The second kappa shape index (κ2) is 4.40. The van der Waals surface area contributed by atoms with Crippen LogP contribution in [0.5, 0.6) is 0 Å². The Morgan fingerprint density at radius 3 is 2.76 bits per heavy atom. The number of nitrogens with zero attached hydrogens (tertiary/aromatic N) is 1. The summed E-state index contributed by atoms with van der Waals surface area (Å²) in [4.78, 5) is 24.2. The summed E-state index contributed by atoms with van der Waals surface area (Å²) >= 11 is 0. The molecule has 4 atom stereocenters. The van der Waals surface area contributed by atoms with Crippen molar-refractivity contribution < 1.29 is 19.3 Å². The fraction of sp³-hybridized carbons (Fsp3) is 0.556. The molecule has 0 aromatic carbocycles. The standard InChI is InChI=1S/C9H11FN2O5/c10-6-7(15)4(3-13)17-8(6)12-2-1-5(14)11-9(12)16/h1-2,4,6-8,13,15H,3H2,(H,11,14,16)/t4-,6-,7-,8+/m1/s1. The molecule has 1 aromatic heterocycles. The van der Waals surface area contributed by atoms with Crippen molar-refractivity contribution in [3.8, 4) is 0 Å². The molecule has 94 valence electrons. The van der Waals surface area contributed by atoms with Gasteiger partial charge < -0.3 is 14.9 Å². The Labute approximate surface area is 94.1 Å². The maximum Gasteiger partial charge on any atom is 0.330 e. The Hall–Kier alpha value is -1.51. The van der Waals surface area contributed by atoms with E-state index in [0.29, 0.717) is 0 Å². The third-order valence-electron chi connectivity index (χ3n) is 2.60. The number of hydrogen-bond acceptors (Lipinski definition) is 5. The molecule has 8 heteroatoms. The second-order valence-corrected chi connectivity index (χ2v) is 3.70. The van der Waals surface area contributed by atoms with Crippen molar-refractivity contribution >= 4 is 0 Å². The molecule has 2 heterocycles. The van der Waals surface area contributed by atoms with E-state index in [4.69, 9.17) is 9.84 Å². The van der Waals surface area contributed by atoms with E-state index in [1.54, 1.807) is 0 Å². The van der Waals surface area contributed by atoms with Crippen molar-refractivity contribution in [1.29, 1.82) is 0 Å². The van der Waals surface area contributed by atoms with Gasteiger partial charge in [-0.2, -0.15) is 0 Å². The average Bonchev–Trinajstić information content (AvgIpc) is 2.57. The number of ether oxygens (including phenoxy) is 1. The summed E-state index contributed by atoms with van der Waals surface area (Å²) in [5.74, 6) is 0. The highest BCUT2D eigenvalue weighted by Crippen LogP contribution is 2.30. The van der Waals surface area contributed by atoms with Gasteiger partial charge in [0.15, 0.2) is 12.4 Å². The molecule has 0 spiro atoms. The number of aliphatic hydroxyl groups excluding tert-OH is 2. The molecule has 0 aliphatic carbocycles. The second-order valence-electron chi connectivity index (χ2n) is 3.70. The first-order valence-electron chi connectivity index (χ1n) is 4.94. The van der Waals surface area contributed by atoms with E-state index in [1.807, 2.05) is 4.98 Å². The molecule has 0 amide bonds. The molecule has 1 fully saturated rings. The van der Waals surface area contributed by atoms with Gasteiger partial charge in [0, 0.05) is 12.3 Å². The van der Waals surface area contributed by atoms with Gasteiger partial charge in [-0.05, 0) is 0 Å². The molecule has 3 N–H and O–H groups in total. The van der Waals surface area contributed by atoms with Crippen molar-refractivity contribution in [2.45, 2.75) is 24.6 Å². The van der Waals surface area contributed by atoms with E-state index in [-0.39, 0.29) is 0 Å². The third kappa shape index (κ3) is 2.02. The first-order valence-corrected chi connectivity index (χ1v) is 4.94. The van der Waals surface area contributed by atoms with Crippen molar-refractivity contribution in [3.63, 3.8) is 0 Å². The lowest BCUT2D eigenvalue weighted by Gasteiger charge is -2.15. The molecule has 1 aliphatic heterocycles. The summed E-state index contributed by atoms with van der Waals surface area (Å²) in [6.07, 6.45) is -4.73. The van der Waals surface area contributed by atoms with Gasteiger partial charge in [0.2, 0.25) is 0 Å². The maximum atomic E-state index is 13.6. The lowest BCUT2D eigenvalue weighted by Crippen LogP contribution is -2.35. The van der Waals surface area contributed by atoms with E-state index >= 15 is 0 Å². The number of aromatic amines is 1.